The summed E-state index contributed by atoms with van der Waals surface area (Å²) in [6, 6.07) is 27.3. The van der Waals surface area contributed by atoms with Crippen molar-refractivity contribution >= 4 is 75.7 Å². The van der Waals surface area contributed by atoms with Gasteiger partial charge in [-0.3, -0.25) is 28.9 Å². The summed E-state index contributed by atoms with van der Waals surface area (Å²) in [6.07, 6.45) is 26.3. The number of nitrogens with one attached hydrogen (secondary N) is 6. The number of aromatic hydroxyl groups is 2. The number of amides is 7. The topological polar surface area (TPSA) is 412 Å². The van der Waals surface area contributed by atoms with Crippen molar-refractivity contribution in [2.45, 2.75) is 216 Å². The van der Waals surface area contributed by atoms with Crippen LogP contribution < -0.4 is 46.2 Å². The molecule has 2 saturated carbocycles. The molecule has 5 aromatic heterocycles. The Kier molecular flexibility index (Phi) is 27.8. The van der Waals surface area contributed by atoms with Gasteiger partial charge in [-0.15, -0.1) is 33.2 Å². The van der Waals surface area contributed by atoms with Gasteiger partial charge in [0.15, 0.2) is 11.5 Å². The Morgan fingerprint density at radius 3 is 1.84 bits per heavy atom. The number of carbonyl (C=O) groups excluding carboxylic acids is 6. The number of aromatic nitrogens is 9. The molecule has 34 heteroatoms. The van der Waals surface area contributed by atoms with Gasteiger partial charge in [0.25, 0.3) is 0 Å². The number of hydrogen-bond donors (Lipinski definition) is 11. The third-order valence-electron chi connectivity index (χ3n) is 32.4. The Labute approximate surface area is 816 Å². The monoisotopic (exact) mass is 1900 g/mol. The number of nitrogens with zero attached hydrogens (tertiary/aromatic N) is 17. The Hall–Kier alpha value is -13.1. The average Bonchev–Trinajstić information content (AvgIpc) is 1.77. The third-order valence-corrected chi connectivity index (χ3v) is 32.4. The van der Waals surface area contributed by atoms with Crippen LogP contribution in [0.3, 0.4) is 0 Å². The predicted molar refractivity (Wildman–Crippen MR) is 531 cm³/mol. The smallest absolute Gasteiger partial charge is 0.318 e. The quantitative estimate of drug-likeness (QED) is 0.0225. The Bertz CT molecular complexity index is 6090. The molecule has 19 rings (SSSR count). The number of fused-ring (bicyclic) bond motifs is 6. The van der Waals surface area contributed by atoms with E-state index in [0.29, 0.717) is 115 Å². The fourth-order valence-corrected chi connectivity index (χ4v) is 23.8. The number of anilines is 5. The lowest BCUT2D eigenvalue weighted by Gasteiger charge is -2.56. The number of phenolic OH excluding ortho intramolecular Hbond substituents is 2. The lowest BCUT2D eigenvalue weighted by atomic mass is 9.56. The van der Waals surface area contributed by atoms with Crippen LogP contribution in [-0.4, -0.2) is 290 Å². The summed E-state index contributed by atoms with van der Waals surface area (Å²) in [6.45, 7) is 17.6. The first kappa shape index (κ1) is 95.8. The molecule has 10 atom stereocenters. The number of piperazine rings is 2. The molecule has 6 saturated heterocycles. The number of para-hydroxylation sites is 2. The summed E-state index contributed by atoms with van der Waals surface area (Å²) in [5.74, 6) is 4.93. The van der Waals surface area contributed by atoms with Crippen molar-refractivity contribution in [1.82, 2.24) is 91.1 Å². The highest BCUT2D eigenvalue weighted by atomic mass is 16.3. The summed E-state index contributed by atoms with van der Waals surface area (Å²) in [7, 11) is 0. The number of likely N-dealkylation sites (tertiary alicyclic amines) is 3. The molecule has 7 amide bonds. The number of aliphatic hydroxyl groups excluding tert-OH is 3. The largest absolute Gasteiger partial charge is 0.507 e. The molecule has 11 N–H and O–H groups in total. The molecule has 2 aliphatic carbocycles. The number of piperidine rings is 2. The van der Waals surface area contributed by atoms with Crippen molar-refractivity contribution < 1.29 is 54.3 Å². The number of terminal acetylenes is 2. The van der Waals surface area contributed by atoms with Crippen molar-refractivity contribution in [2.75, 3.05) is 130 Å². The minimum Gasteiger partial charge on any atom is -0.507 e. The molecule has 9 aromatic rings. The zero-order chi connectivity index (χ0) is 97.4. The van der Waals surface area contributed by atoms with Crippen LogP contribution in [0.2, 0.25) is 0 Å². The average molecular weight is 1900 g/mol. The van der Waals surface area contributed by atoms with E-state index < -0.39 is 95.4 Å². The van der Waals surface area contributed by atoms with Crippen LogP contribution in [0.1, 0.15) is 188 Å². The molecule has 13 heterocycles. The first-order valence-electron chi connectivity index (χ1n) is 50.0. The molecule has 1 unspecified atom stereocenters. The molecule has 8 aliphatic heterocycles. The number of benzene rings is 4. The van der Waals surface area contributed by atoms with Gasteiger partial charge in [0.2, 0.25) is 41.4 Å². The number of carbonyl (C=O) groups is 6. The van der Waals surface area contributed by atoms with E-state index in [4.69, 9.17) is 32.8 Å². The van der Waals surface area contributed by atoms with E-state index in [1.165, 1.54) is 9.80 Å². The number of rotatable bonds is 26. The van der Waals surface area contributed by atoms with Crippen LogP contribution in [0.4, 0.5) is 33.9 Å². The summed E-state index contributed by atoms with van der Waals surface area (Å²) >= 11 is 0. The highest BCUT2D eigenvalue weighted by Gasteiger charge is 2.54. The predicted octanol–water partition coefficient (Wildman–Crippen LogP) is 8.96. The molecule has 34 nitrogen and oxygen atoms in total. The lowest BCUT2D eigenvalue weighted by Crippen LogP contribution is -2.62. The van der Waals surface area contributed by atoms with Crippen LogP contribution in [-0.2, 0) is 36.9 Å². The highest BCUT2D eigenvalue weighted by molar-refractivity contribution is 5.95. The molecule has 8 fully saturated rings. The van der Waals surface area contributed by atoms with Crippen molar-refractivity contribution in [3.63, 3.8) is 0 Å². The van der Waals surface area contributed by atoms with E-state index in [0.717, 1.165) is 154 Å². The maximum atomic E-state index is 16.1. The number of H-pyrrole nitrogens is 1. The lowest BCUT2D eigenvalue weighted by molar-refractivity contribution is -0.146. The Morgan fingerprint density at radius 2 is 1.19 bits per heavy atom. The first-order valence-corrected chi connectivity index (χ1v) is 50.0. The fraction of sp³-hybridized carbons (Fsp3) is 0.509. The molecule has 0 bridgehead atoms. The molecular formula is C106H129N23O11. The van der Waals surface area contributed by atoms with E-state index in [1.807, 2.05) is 113 Å². The Morgan fingerprint density at radius 1 is 0.586 bits per heavy atom. The van der Waals surface area contributed by atoms with E-state index >= 15 is 19.2 Å². The first-order chi connectivity index (χ1) is 67.7. The number of aliphatic hydroxyl groups is 3. The molecule has 10 aliphatic rings. The number of urea groups is 1. The maximum Gasteiger partial charge on any atom is 0.318 e. The zero-order valence-corrected chi connectivity index (χ0v) is 80.5. The minimum absolute atomic E-state index is 0.0285. The summed E-state index contributed by atoms with van der Waals surface area (Å²) in [5.41, 5.74) is 8.75. The second-order valence-electron chi connectivity index (χ2n) is 41.5. The highest BCUT2D eigenvalue weighted by Crippen LogP contribution is 2.56. The normalized spacial score (nSPS) is 24.1. The van der Waals surface area contributed by atoms with E-state index in [9.17, 15) is 35.1 Å². The van der Waals surface area contributed by atoms with Crippen LogP contribution >= 0.6 is 0 Å². The van der Waals surface area contributed by atoms with Gasteiger partial charge in [0, 0.05) is 187 Å². The Balaban J connectivity index is 0.507. The number of hydrogen-bond acceptors (Lipinski definition) is 26. The van der Waals surface area contributed by atoms with Gasteiger partial charge in [0.05, 0.1) is 65.5 Å². The van der Waals surface area contributed by atoms with Gasteiger partial charge in [-0.1, -0.05) is 81.1 Å². The van der Waals surface area contributed by atoms with Crippen LogP contribution in [0.5, 0.6) is 11.5 Å². The molecular weight excluding hydrogens is 1770 g/mol. The number of aromatic amines is 1. The van der Waals surface area contributed by atoms with E-state index in [2.05, 4.69) is 100 Å². The van der Waals surface area contributed by atoms with Crippen molar-refractivity contribution in [3.05, 3.63) is 173 Å². The van der Waals surface area contributed by atoms with Gasteiger partial charge in [-0.05, 0) is 210 Å². The number of β-amino-alcohol motifs (C(OH)–C–C–N with tert-alkyl or cyclic N) is 2. The molecule has 0 radical (unpaired) electrons. The van der Waals surface area contributed by atoms with Gasteiger partial charge >= 0.3 is 6.03 Å². The second-order valence-corrected chi connectivity index (χ2v) is 41.5. The van der Waals surface area contributed by atoms with Crippen LogP contribution in [0.25, 0.3) is 33.5 Å². The molecule has 4 aromatic carbocycles. The van der Waals surface area contributed by atoms with Crippen LogP contribution in [0.15, 0.2) is 134 Å². The molecule has 140 heavy (non-hydrogen) atoms. The summed E-state index contributed by atoms with van der Waals surface area (Å²) in [4.78, 5) is 134. The van der Waals surface area contributed by atoms with E-state index in [-0.39, 0.29) is 92.7 Å². The third kappa shape index (κ3) is 20.0. The standard InChI is InChI=1S/C106H129N23O11/c1-8-67-18-20-69(21-19-67)56-108-97(136)87-50-78(131)63-128(87)100(139)93(115-96(135)72-26-33-106(34-27-72)54-75(55-106)121-38-28-71(29-39-121)73-57-109-101(110-58-73)125-47-48-127-77(62-125)61-107-95-86(127)53-85(118-120-95)81-15-11-13-17-90(81)134)105(7,37-49-130)36-35-104(5,6)92(99(138)129-64-79(132)51-88(129)98(137)113-65(3)70-24-22-68(9-2)23-25-70)116-103(140)124-45-43-123(44-46-124)74-30-40-122(41-31-74)76-59-111-102(112-60-76)126-42-32-83-91(66(126)4)82-52-84(117-119-94(82)114-83)80-14-10-12-16-89(80)133/h1-2,10-25,52-53,57-60,65-66,71-72,74-75,77-79,87-88,92-93,130-134H,26-51,54-56,61-64H2,3-7H3,(H,107,120)(H,108,136)(H,113,137)(H,114,119)(H,115,135)(H,116,140)/t65-,66+,72?,75?,77-,78+,79+,87-,88-,92+,93-,105?,106?/m0/s1. The summed E-state index contributed by atoms with van der Waals surface area (Å²) in [5, 5.41) is 90.6. The molecule has 1 spiro atoms. The van der Waals surface area contributed by atoms with Crippen molar-refractivity contribution in [1.29, 1.82) is 0 Å². The summed E-state index contributed by atoms with van der Waals surface area (Å²) < 4.78 is 0. The maximum absolute atomic E-state index is 16.1. The van der Waals surface area contributed by atoms with Crippen molar-refractivity contribution in [2.24, 2.45) is 22.2 Å². The van der Waals surface area contributed by atoms with Crippen LogP contribution in [0, 0.1) is 46.9 Å². The van der Waals surface area contributed by atoms with E-state index in [1.54, 1.807) is 53.4 Å². The van der Waals surface area contributed by atoms with Gasteiger partial charge < -0.3 is 96.3 Å². The van der Waals surface area contributed by atoms with Gasteiger partial charge in [0.1, 0.15) is 35.7 Å². The SMILES string of the molecule is C#Cc1ccc(CNC(=O)[C@@H]2C[C@@H](O)CN2C(=O)[C@H](NC(=O)C2CCC3(CC2)CC(N2CCC(c4cnc(N5CCN6c7cc(-c8ccccc8O)nnc7NC[C@H]6C5)nc4)CC2)C3)C(C)(CCO)CCC(C)(C)[C@H](NC(=O)N2CCN(C3CCN(c4cnc(N5CCc6[nH]c7nnc(-c8ccccc8O)cc7c6[C@H]5C)nc4)CC3)CC2)C(=O)N2C[C@H](O)C[C@H]2C(=O)N[C@@H](C)c2ccc(C#C)cc2)cc1. The van der Waals surface area contributed by atoms with Crippen molar-refractivity contribution in [3.8, 4) is 58.7 Å². The van der Waals surface area contributed by atoms with Gasteiger partial charge in [-0.2, -0.15) is 0 Å². The second kappa shape index (κ2) is 40.6. The van der Waals surface area contributed by atoms with Gasteiger partial charge in [-0.25, -0.2) is 24.7 Å². The molecule has 734 valence electrons. The minimum atomic E-state index is -1.37. The number of phenols is 2. The zero-order valence-electron chi connectivity index (χ0n) is 80.5. The fourth-order valence-electron chi connectivity index (χ4n) is 23.8.